The first-order valence-corrected chi connectivity index (χ1v) is 4.59. The Bertz CT molecular complexity index is 459. The van der Waals surface area contributed by atoms with Gasteiger partial charge in [0.1, 0.15) is 0 Å². The zero-order valence-electron chi connectivity index (χ0n) is 7.86. The van der Waals surface area contributed by atoms with E-state index in [1.807, 2.05) is 0 Å². The number of hydrogen-bond donors (Lipinski definition) is 0. The van der Waals surface area contributed by atoms with E-state index < -0.39 is 0 Å². The summed E-state index contributed by atoms with van der Waals surface area (Å²) < 4.78 is 2.44. The minimum atomic E-state index is -0.358. The molecule has 0 aliphatic rings. The van der Waals surface area contributed by atoms with Crippen molar-refractivity contribution in [2.75, 3.05) is 5.88 Å². The molecule has 0 spiro atoms. The highest BCUT2D eigenvalue weighted by Gasteiger charge is 2.01. The molecule has 0 aliphatic carbocycles. The quantitative estimate of drug-likeness (QED) is 0.538. The maximum Gasteiger partial charge on any atom is 0.330 e. The van der Waals surface area contributed by atoms with Crippen LogP contribution in [-0.2, 0) is 13.6 Å². The third-order valence-corrected chi connectivity index (χ3v) is 2.22. The minimum absolute atomic E-state index is 0.301. The highest BCUT2D eigenvalue weighted by Crippen LogP contribution is 1.95. The third kappa shape index (κ3) is 2.14. The van der Waals surface area contributed by atoms with Gasteiger partial charge in [-0.25, -0.2) is 4.79 Å². The summed E-state index contributed by atoms with van der Waals surface area (Å²) in [5.41, 5.74) is 0.0546. The van der Waals surface area contributed by atoms with E-state index in [-0.39, 0.29) is 11.2 Å². The Morgan fingerprint density at radius 1 is 1.57 bits per heavy atom. The summed E-state index contributed by atoms with van der Waals surface area (Å²) in [5, 5.41) is 0. The molecule has 1 heterocycles. The van der Waals surface area contributed by atoms with Crippen molar-refractivity contribution in [3.05, 3.63) is 45.3 Å². The molecule has 5 heteroatoms. The lowest BCUT2D eigenvalue weighted by Crippen LogP contribution is -2.37. The fraction of sp³-hybridized carbons (Fsp3) is 0.333. The van der Waals surface area contributed by atoms with Crippen LogP contribution in [0.2, 0.25) is 0 Å². The van der Waals surface area contributed by atoms with E-state index in [4.69, 9.17) is 11.6 Å². The van der Waals surface area contributed by atoms with Crippen LogP contribution in [0.25, 0.3) is 0 Å². The van der Waals surface area contributed by atoms with Crippen LogP contribution in [0.15, 0.2) is 34.0 Å². The van der Waals surface area contributed by atoms with Crippen LogP contribution in [0, 0.1) is 0 Å². The largest absolute Gasteiger partial charge is 0.330 e. The van der Waals surface area contributed by atoms with Crippen LogP contribution in [0.4, 0.5) is 0 Å². The fourth-order valence-corrected chi connectivity index (χ4v) is 1.10. The second-order valence-corrected chi connectivity index (χ2v) is 3.27. The Kier molecular flexibility index (Phi) is 3.30. The summed E-state index contributed by atoms with van der Waals surface area (Å²) in [4.78, 5) is 22.5. The Labute approximate surface area is 86.1 Å². The first-order valence-electron chi connectivity index (χ1n) is 4.05. The molecule has 1 rings (SSSR count). The molecule has 1 aromatic rings. The van der Waals surface area contributed by atoms with Crippen molar-refractivity contribution in [3.63, 3.8) is 0 Å². The van der Waals surface area contributed by atoms with Crippen molar-refractivity contribution in [3.8, 4) is 0 Å². The first kappa shape index (κ1) is 10.8. The average molecular weight is 215 g/mol. The molecule has 76 valence electrons. The van der Waals surface area contributed by atoms with Gasteiger partial charge in [0.15, 0.2) is 0 Å². The number of hydrogen-bond acceptors (Lipinski definition) is 2. The summed E-state index contributed by atoms with van der Waals surface area (Å²) >= 11 is 5.54. The molecular weight excluding hydrogens is 204 g/mol. The van der Waals surface area contributed by atoms with Crippen LogP contribution < -0.4 is 11.2 Å². The predicted octanol–water partition coefficient (Wildman–Crippen LogP) is 0.342. The SMILES string of the molecule is C=C(CCl)Cn1ccc(=O)n(C)c1=O. The molecule has 4 nitrogen and oxygen atoms in total. The van der Waals surface area contributed by atoms with E-state index in [1.165, 1.54) is 23.9 Å². The zero-order valence-corrected chi connectivity index (χ0v) is 8.62. The highest BCUT2D eigenvalue weighted by molar-refractivity contribution is 6.19. The van der Waals surface area contributed by atoms with Gasteiger partial charge < -0.3 is 0 Å². The third-order valence-electron chi connectivity index (χ3n) is 1.84. The van der Waals surface area contributed by atoms with Gasteiger partial charge in [0, 0.05) is 31.7 Å². The molecule has 0 atom stereocenters. The van der Waals surface area contributed by atoms with Gasteiger partial charge in [-0.3, -0.25) is 13.9 Å². The van der Waals surface area contributed by atoms with Gasteiger partial charge in [-0.2, -0.15) is 0 Å². The molecular formula is C9H11ClN2O2. The lowest BCUT2D eigenvalue weighted by atomic mass is 10.3. The first-order chi connectivity index (χ1) is 6.56. The van der Waals surface area contributed by atoms with Gasteiger partial charge in [0.05, 0.1) is 0 Å². The van der Waals surface area contributed by atoms with E-state index in [2.05, 4.69) is 6.58 Å². The second-order valence-electron chi connectivity index (χ2n) is 3.01. The van der Waals surface area contributed by atoms with Crippen LogP contribution >= 0.6 is 11.6 Å². The number of alkyl halides is 1. The number of aromatic nitrogens is 2. The molecule has 0 aliphatic heterocycles. The summed E-state index contributed by atoms with van der Waals surface area (Å²) in [7, 11) is 1.44. The summed E-state index contributed by atoms with van der Waals surface area (Å²) in [6, 6.07) is 1.34. The van der Waals surface area contributed by atoms with Crippen molar-refractivity contribution in [2.24, 2.45) is 7.05 Å². The number of nitrogens with zero attached hydrogens (tertiary/aromatic N) is 2. The summed E-state index contributed by atoms with van der Waals surface area (Å²) in [6.07, 6.45) is 1.45. The molecule has 0 saturated carbocycles. The summed E-state index contributed by atoms with van der Waals surface area (Å²) in [6.45, 7) is 4.03. The number of rotatable bonds is 3. The molecule has 0 amide bonds. The van der Waals surface area contributed by atoms with Gasteiger partial charge in [-0.1, -0.05) is 6.58 Å². The average Bonchev–Trinajstić information content (AvgIpc) is 2.19. The maximum atomic E-state index is 11.5. The van der Waals surface area contributed by atoms with Gasteiger partial charge in [0.2, 0.25) is 0 Å². The van der Waals surface area contributed by atoms with Crippen molar-refractivity contribution < 1.29 is 0 Å². The van der Waals surface area contributed by atoms with Crippen LogP contribution in [0.3, 0.4) is 0 Å². The van der Waals surface area contributed by atoms with Gasteiger partial charge in [-0.15, -0.1) is 11.6 Å². The lowest BCUT2D eigenvalue weighted by molar-refractivity contribution is 0.641. The van der Waals surface area contributed by atoms with Crippen LogP contribution in [0.1, 0.15) is 0 Å². The van der Waals surface area contributed by atoms with Gasteiger partial charge in [0.25, 0.3) is 5.56 Å². The van der Waals surface area contributed by atoms with E-state index in [9.17, 15) is 9.59 Å². The minimum Gasteiger partial charge on any atom is -0.296 e. The monoisotopic (exact) mass is 214 g/mol. The predicted molar refractivity (Wildman–Crippen MR) is 55.8 cm³/mol. The number of allylic oxidation sites excluding steroid dienone is 1. The van der Waals surface area contributed by atoms with E-state index in [0.717, 1.165) is 10.1 Å². The summed E-state index contributed by atoms with van der Waals surface area (Å²) in [5.74, 6) is 0.301. The zero-order chi connectivity index (χ0) is 10.7. The Balaban J connectivity index is 3.13. The van der Waals surface area contributed by atoms with Gasteiger partial charge >= 0.3 is 5.69 Å². The molecule has 0 aromatic carbocycles. The van der Waals surface area contributed by atoms with Crippen LogP contribution in [-0.4, -0.2) is 15.0 Å². The molecule has 0 radical (unpaired) electrons. The molecule has 0 fully saturated rings. The molecule has 0 saturated heterocycles. The van der Waals surface area contributed by atoms with E-state index in [1.54, 1.807) is 0 Å². The molecule has 0 N–H and O–H groups in total. The van der Waals surface area contributed by atoms with Crippen molar-refractivity contribution in [2.45, 2.75) is 6.54 Å². The van der Waals surface area contributed by atoms with Crippen molar-refractivity contribution >= 4 is 11.6 Å². The smallest absolute Gasteiger partial charge is 0.296 e. The maximum absolute atomic E-state index is 11.5. The van der Waals surface area contributed by atoms with Crippen molar-refractivity contribution in [1.82, 2.24) is 9.13 Å². The second kappa shape index (κ2) is 4.28. The van der Waals surface area contributed by atoms with E-state index in [0.29, 0.717) is 12.4 Å². The molecule has 0 bridgehead atoms. The standard InChI is InChI=1S/C9H11ClN2O2/c1-7(5-10)6-12-4-3-8(13)11(2)9(12)14/h3-4H,1,5-6H2,2H3. The Morgan fingerprint density at radius 2 is 2.21 bits per heavy atom. The Morgan fingerprint density at radius 3 is 2.79 bits per heavy atom. The van der Waals surface area contributed by atoms with Crippen molar-refractivity contribution in [1.29, 1.82) is 0 Å². The number of halogens is 1. The lowest BCUT2D eigenvalue weighted by Gasteiger charge is -2.06. The molecule has 0 unspecified atom stereocenters. The van der Waals surface area contributed by atoms with Gasteiger partial charge in [-0.05, 0) is 5.57 Å². The molecule has 14 heavy (non-hydrogen) atoms. The fourth-order valence-electron chi connectivity index (χ4n) is 1.02. The Hall–Kier alpha value is -1.29. The molecule has 1 aromatic heterocycles. The van der Waals surface area contributed by atoms with Crippen LogP contribution in [0.5, 0.6) is 0 Å². The highest BCUT2D eigenvalue weighted by atomic mass is 35.5. The topological polar surface area (TPSA) is 44.0 Å². The van der Waals surface area contributed by atoms with E-state index >= 15 is 0 Å². The normalized spacial score (nSPS) is 10.1.